The third kappa shape index (κ3) is 3.75. The number of aromatic nitrogens is 2. The van der Waals surface area contributed by atoms with E-state index in [0.717, 1.165) is 6.07 Å². The van der Waals surface area contributed by atoms with Crippen LogP contribution in [-0.2, 0) is 11.0 Å². The molecule has 0 spiro atoms. The molecule has 1 aromatic heterocycles. The van der Waals surface area contributed by atoms with Crippen LogP contribution in [0, 0.1) is 0 Å². The molecule has 1 saturated heterocycles. The van der Waals surface area contributed by atoms with Gasteiger partial charge in [0, 0.05) is 19.0 Å². The second-order valence-electron chi connectivity index (χ2n) is 4.82. The summed E-state index contributed by atoms with van der Waals surface area (Å²) in [7, 11) is 0. The summed E-state index contributed by atoms with van der Waals surface area (Å²) in [6.07, 6.45) is -3.09. The molecule has 1 aliphatic heterocycles. The van der Waals surface area contributed by atoms with E-state index in [9.17, 15) is 18.0 Å². The number of carbonyl (C=O) groups is 1. The van der Waals surface area contributed by atoms with Crippen molar-refractivity contribution < 1.29 is 23.1 Å². The number of anilines is 1. The van der Waals surface area contributed by atoms with Gasteiger partial charge in [0.05, 0.1) is 0 Å². The summed E-state index contributed by atoms with van der Waals surface area (Å²) in [4.78, 5) is 12.1. The Bertz CT molecular complexity index is 539. The Morgan fingerprint density at radius 1 is 1.48 bits per heavy atom. The van der Waals surface area contributed by atoms with Crippen molar-refractivity contribution in [2.75, 3.05) is 11.4 Å². The van der Waals surface area contributed by atoms with E-state index in [0.29, 0.717) is 19.4 Å². The maximum absolute atomic E-state index is 13.1. The lowest BCUT2D eigenvalue weighted by Gasteiger charge is -2.27. The Kier molecular flexibility index (Phi) is 4.55. The summed E-state index contributed by atoms with van der Waals surface area (Å²) < 4.78 is 39.2. The van der Waals surface area contributed by atoms with Gasteiger partial charge in [-0.05, 0) is 25.3 Å². The molecule has 0 radical (unpaired) electrons. The maximum Gasteiger partial charge on any atom is 0.420 e. The smallest absolute Gasteiger partial charge is 0.420 e. The van der Waals surface area contributed by atoms with Crippen molar-refractivity contribution >= 4 is 23.4 Å². The van der Waals surface area contributed by atoms with Crippen molar-refractivity contribution in [3.8, 4) is 0 Å². The summed E-state index contributed by atoms with van der Waals surface area (Å²) in [5.74, 6) is -1.25. The van der Waals surface area contributed by atoms with Crippen LogP contribution < -0.4 is 4.90 Å². The van der Waals surface area contributed by atoms with Crippen LogP contribution in [0.2, 0.25) is 5.15 Å². The fraction of sp³-hybridized carbons (Fsp3) is 0.583. The van der Waals surface area contributed by atoms with Gasteiger partial charge in [0.25, 0.3) is 0 Å². The van der Waals surface area contributed by atoms with Crippen molar-refractivity contribution in [3.63, 3.8) is 0 Å². The Balaban J connectivity index is 2.30. The number of aliphatic carboxylic acids is 1. The van der Waals surface area contributed by atoms with E-state index in [1.165, 1.54) is 4.90 Å². The first-order valence-electron chi connectivity index (χ1n) is 6.38. The normalized spacial score (nSPS) is 19.0. The van der Waals surface area contributed by atoms with Crippen LogP contribution in [0.4, 0.5) is 19.0 Å². The second kappa shape index (κ2) is 6.05. The van der Waals surface area contributed by atoms with Crippen molar-refractivity contribution in [2.45, 2.75) is 37.9 Å². The molecule has 0 bridgehead atoms. The largest absolute Gasteiger partial charge is 0.481 e. The van der Waals surface area contributed by atoms with E-state index >= 15 is 0 Å². The molecule has 1 unspecified atom stereocenters. The number of carboxylic acid groups (broad SMARTS) is 1. The molecule has 0 amide bonds. The minimum atomic E-state index is -4.59. The van der Waals surface area contributed by atoms with Crippen molar-refractivity contribution in [1.82, 2.24) is 10.2 Å². The molecule has 0 aromatic carbocycles. The van der Waals surface area contributed by atoms with Gasteiger partial charge in [-0.15, -0.1) is 10.2 Å². The SMILES string of the molecule is O=C(O)CCC1CCCN1c1nnc(Cl)cc1C(F)(F)F. The molecule has 21 heavy (non-hydrogen) atoms. The fourth-order valence-electron chi connectivity index (χ4n) is 2.49. The molecule has 9 heteroatoms. The molecule has 1 aliphatic rings. The van der Waals surface area contributed by atoms with Crippen LogP contribution in [0.1, 0.15) is 31.2 Å². The van der Waals surface area contributed by atoms with Gasteiger partial charge in [-0.3, -0.25) is 4.79 Å². The number of nitrogens with zero attached hydrogens (tertiary/aromatic N) is 3. The molecule has 116 valence electrons. The predicted molar refractivity (Wildman–Crippen MR) is 69.3 cm³/mol. The Morgan fingerprint density at radius 2 is 2.19 bits per heavy atom. The third-order valence-corrected chi connectivity index (χ3v) is 3.58. The number of hydrogen-bond donors (Lipinski definition) is 1. The van der Waals surface area contributed by atoms with Gasteiger partial charge >= 0.3 is 12.1 Å². The molecule has 1 aromatic rings. The van der Waals surface area contributed by atoms with Gasteiger partial charge in [0.15, 0.2) is 11.0 Å². The predicted octanol–water partition coefficient (Wildman–Crippen LogP) is 2.98. The van der Waals surface area contributed by atoms with Gasteiger partial charge in [0.1, 0.15) is 5.56 Å². The van der Waals surface area contributed by atoms with E-state index in [1.54, 1.807) is 0 Å². The Morgan fingerprint density at radius 3 is 2.81 bits per heavy atom. The number of hydrogen-bond acceptors (Lipinski definition) is 4. The van der Waals surface area contributed by atoms with Gasteiger partial charge in [-0.1, -0.05) is 11.6 Å². The zero-order chi connectivity index (χ0) is 15.6. The van der Waals surface area contributed by atoms with Crippen LogP contribution in [0.5, 0.6) is 0 Å². The van der Waals surface area contributed by atoms with Crippen LogP contribution >= 0.6 is 11.6 Å². The molecule has 1 atom stereocenters. The van der Waals surface area contributed by atoms with Crippen molar-refractivity contribution in [3.05, 3.63) is 16.8 Å². The average Bonchev–Trinajstić information content (AvgIpc) is 2.83. The molecule has 1 N–H and O–H groups in total. The van der Waals surface area contributed by atoms with E-state index in [1.807, 2.05) is 0 Å². The van der Waals surface area contributed by atoms with Crippen LogP contribution in [0.15, 0.2) is 6.07 Å². The first kappa shape index (κ1) is 15.8. The van der Waals surface area contributed by atoms with E-state index in [2.05, 4.69) is 10.2 Å². The fourth-order valence-corrected chi connectivity index (χ4v) is 2.63. The summed E-state index contributed by atoms with van der Waals surface area (Å²) in [6, 6.07) is 0.467. The lowest BCUT2D eigenvalue weighted by atomic mass is 10.1. The zero-order valence-electron chi connectivity index (χ0n) is 10.9. The standard InChI is InChI=1S/C12H13ClF3N3O2/c13-9-6-8(12(14,15)16)11(18-17-9)19-5-1-2-7(19)3-4-10(20)21/h6-7H,1-5H2,(H,20,21). The summed E-state index contributed by atoms with van der Waals surface area (Å²) in [6.45, 7) is 0.393. The van der Waals surface area contributed by atoms with Gasteiger partial charge < -0.3 is 10.0 Å². The first-order chi connectivity index (χ1) is 9.79. The summed E-state index contributed by atoms with van der Waals surface area (Å²) >= 11 is 5.50. The molecule has 5 nitrogen and oxygen atoms in total. The lowest BCUT2D eigenvalue weighted by molar-refractivity contribution is -0.138. The number of rotatable bonds is 4. The quantitative estimate of drug-likeness (QED) is 0.922. The second-order valence-corrected chi connectivity index (χ2v) is 5.21. The monoisotopic (exact) mass is 323 g/mol. The number of alkyl halides is 3. The van der Waals surface area contributed by atoms with Crippen LogP contribution in [-0.4, -0.2) is 33.9 Å². The Labute approximate surface area is 123 Å². The lowest BCUT2D eigenvalue weighted by Crippen LogP contribution is -2.32. The highest BCUT2D eigenvalue weighted by molar-refractivity contribution is 6.29. The highest BCUT2D eigenvalue weighted by Gasteiger charge is 2.39. The summed E-state index contributed by atoms with van der Waals surface area (Å²) in [5.41, 5.74) is -0.940. The third-order valence-electron chi connectivity index (χ3n) is 3.39. The highest BCUT2D eigenvalue weighted by Crippen LogP contribution is 2.38. The molecule has 0 saturated carbocycles. The molecule has 2 heterocycles. The van der Waals surface area contributed by atoms with Gasteiger partial charge in [-0.25, -0.2) is 0 Å². The van der Waals surface area contributed by atoms with Crippen LogP contribution in [0.3, 0.4) is 0 Å². The minimum absolute atomic E-state index is 0.0937. The van der Waals surface area contributed by atoms with Crippen molar-refractivity contribution in [2.24, 2.45) is 0 Å². The highest BCUT2D eigenvalue weighted by atomic mass is 35.5. The Hall–Kier alpha value is -1.57. The minimum Gasteiger partial charge on any atom is -0.481 e. The summed E-state index contributed by atoms with van der Waals surface area (Å²) in [5, 5.41) is 15.4. The van der Waals surface area contributed by atoms with E-state index < -0.39 is 17.7 Å². The van der Waals surface area contributed by atoms with Gasteiger partial charge in [-0.2, -0.15) is 13.2 Å². The average molecular weight is 324 g/mol. The number of carboxylic acids is 1. The number of halogens is 4. The molecule has 1 fully saturated rings. The maximum atomic E-state index is 13.1. The van der Waals surface area contributed by atoms with E-state index in [4.69, 9.17) is 16.7 Å². The molecule has 0 aliphatic carbocycles. The molecular weight excluding hydrogens is 311 g/mol. The molecule has 2 rings (SSSR count). The van der Waals surface area contributed by atoms with Crippen LogP contribution in [0.25, 0.3) is 0 Å². The molecular formula is C12H13ClF3N3O2. The van der Waals surface area contributed by atoms with E-state index in [-0.39, 0.29) is 29.9 Å². The zero-order valence-corrected chi connectivity index (χ0v) is 11.7. The first-order valence-corrected chi connectivity index (χ1v) is 6.75. The van der Waals surface area contributed by atoms with Crippen molar-refractivity contribution in [1.29, 1.82) is 0 Å². The topological polar surface area (TPSA) is 66.3 Å². The van der Waals surface area contributed by atoms with Gasteiger partial charge in [0.2, 0.25) is 0 Å².